The Bertz CT molecular complexity index is 603. The highest BCUT2D eigenvalue weighted by Gasteiger charge is 1.99. The van der Waals surface area contributed by atoms with E-state index < -0.39 is 0 Å². The van der Waals surface area contributed by atoms with Crippen molar-refractivity contribution in [2.75, 3.05) is 13.7 Å². The summed E-state index contributed by atoms with van der Waals surface area (Å²) < 4.78 is 5.12. The number of methoxy groups -OCH3 is 1. The van der Waals surface area contributed by atoms with Crippen LogP contribution in [-0.4, -0.2) is 19.6 Å². The van der Waals surface area contributed by atoms with E-state index in [1.165, 1.54) is 5.56 Å². The molecule has 1 N–H and O–H groups in total. The Morgan fingerprint density at radius 1 is 1.09 bits per heavy atom. The van der Waals surface area contributed by atoms with Gasteiger partial charge in [0.15, 0.2) is 0 Å². The minimum Gasteiger partial charge on any atom is -0.497 e. The minimum absolute atomic E-state index is 0.0423. The quantitative estimate of drug-likeness (QED) is 0.849. The molecule has 0 aliphatic rings. The standard InChI is InChI=1S/C19H21NO2/c1-22-18-12-10-17(11-13-18)14-15-20-19(21)9-5-8-16-6-3-2-4-7-16/h2-8,10-13H,9,14-15H2,1H3,(H,20,21)/b8-5+. The van der Waals surface area contributed by atoms with Gasteiger partial charge in [0.2, 0.25) is 5.91 Å². The first-order chi connectivity index (χ1) is 10.8. The molecule has 0 aromatic heterocycles. The zero-order valence-corrected chi connectivity index (χ0v) is 12.8. The number of carbonyl (C=O) groups excluding carboxylic acids is 1. The monoisotopic (exact) mass is 295 g/mol. The first-order valence-corrected chi connectivity index (χ1v) is 7.39. The predicted molar refractivity (Wildman–Crippen MR) is 89.8 cm³/mol. The van der Waals surface area contributed by atoms with E-state index in [1.54, 1.807) is 7.11 Å². The fourth-order valence-corrected chi connectivity index (χ4v) is 2.08. The van der Waals surface area contributed by atoms with Crippen LogP contribution in [0.1, 0.15) is 17.5 Å². The lowest BCUT2D eigenvalue weighted by molar-refractivity contribution is -0.120. The Morgan fingerprint density at radius 2 is 1.82 bits per heavy atom. The van der Waals surface area contributed by atoms with Crippen molar-refractivity contribution in [3.8, 4) is 5.75 Å². The number of hydrogen-bond donors (Lipinski definition) is 1. The number of nitrogens with one attached hydrogen (secondary N) is 1. The minimum atomic E-state index is 0.0423. The van der Waals surface area contributed by atoms with Gasteiger partial charge in [-0.25, -0.2) is 0 Å². The van der Waals surface area contributed by atoms with E-state index >= 15 is 0 Å². The lowest BCUT2D eigenvalue weighted by atomic mass is 10.1. The molecule has 0 aliphatic carbocycles. The number of amides is 1. The summed E-state index contributed by atoms with van der Waals surface area (Å²) >= 11 is 0. The molecule has 0 aliphatic heterocycles. The molecule has 0 saturated carbocycles. The van der Waals surface area contributed by atoms with Crippen molar-refractivity contribution in [3.05, 3.63) is 71.8 Å². The third kappa shape index (κ3) is 5.44. The smallest absolute Gasteiger partial charge is 0.223 e. The van der Waals surface area contributed by atoms with Gasteiger partial charge in [0.1, 0.15) is 5.75 Å². The van der Waals surface area contributed by atoms with Gasteiger partial charge in [0.05, 0.1) is 7.11 Å². The van der Waals surface area contributed by atoms with Crippen LogP contribution in [0.4, 0.5) is 0 Å². The van der Waals surface area contributed by atoms with Crippen molar-refractivity contribution in [2.45, 2.75) is 12.8 Å². The molecule has 2 rings (SSSR count). The van der Waals surface area contributed by atoms with Crippen molar-refractivity contribution in [3.63, 3.8) is 0 Å². The first-order valence-electron chi connectivity index (χ1n) is 7.39. The van der Waals surface area contributed by atoms with Crippen LogP contribution in [0.5, 0.6) is 5.75 Å². The summed E-state index contributed by atoms with van der Waals surface area (Å²) in [5.41, 5.74) is 2.29. The zero-order valence-electron chi connectivity index (χ0n) is 12.8. The third-order valence-corrected chi connectivity index (χ3v) is 3.31. The van der Waals surface area contributed by atoms with Crippen molar-refractivity contribution >= 4 is 12.0 Å². The van der Waals surface area contributed by atoms with Crippen molar-refractivity contribution < 1.29 is 9.53 Å². The van der Waals surface area contributed by atoms with E-state index in [9.17, 15) is 4.79 Å². The van der Waals surface area contributed by atoms with E-state index in [0.717, 1.165) is 17.7 Å². The average Bonchev–Trinajstić information content (AvgIpc) is 2.56. The van der Waals surface area contributed by atoms with Crippen molar-refractivity contribution in [1.82, 2.24) is 5.32 Å². The van der Waals surface area contributed by atoms with Crippen LogP contribution < -0.4 is 10.1 Å². The molecular formula is C19H21NO2. The van der Waals surface area contributed by atoms with Gasteiger partial charge in [-0.15, -0.1) is 0 Å². The molecule has 0 radical (unpaired) electrons. The Kier molecular flexibility index (Phi) is 6.24. The number of carbonyl (C=O) groups is 1. The van der Waals surface area contributed by atoms with Gasteiger partial charge in [-0.2, -0.15) is 0 Å². The summed E-state index contributed by atoms with van der Waals surface area (Å²) in [6.45, 7) is 0.643. The summed E-state index contributed by atoms with van der Waals surface area (Å²) in [5, 5.41) is 2.92. The molecule has 3 nitrogen and oxygen atoms in total. The van der Waals surface area contributed by atoms with Gasteiger partial charge in [0, 0.05) is 13.0 Å². The Labute approximate surface area is 131 Å². The molecule has 22 heavy (non-hydrogen) atoms. The largest absolute Gasteiger partial charge is 0.497 e. The van der Waals surface area contributed by atoms with Gasteiger partial charge in [-0.05, 0) is 29.7 Å². The summed E-state index contributed by atoms with van der Waals surface area (Å²) in [6, 6.07) is 17.8. The van der Waals surface area contributed by atoms with E-state index in [-0.39, 0.29) is 5.91 Å². The molecular weight excluding hydrogens is 274 g/mol. The third-order valence-electron chi connectivity index (χ3n) is 3.31. The lowest BCUT2D eigenvalue weighted by Gasteiger charge is -2.05. The van der Waals surface area contributed by atoms with Crippen molar-refractivity contribution in [2.24, 2.45) is 0 Å². The van der Waals surface area contributed by atoms with E-state index in [1.807, 2.05) is 66.7 Å². The molecule has 0 heterocycles. The molecule has 0 atom stereocenters. The number of hydrogen-bond acceptors (Lipinski definition) is 2. The van der Waals surface area contributed by atoms with Crippen LogP contribution in [-0.2, 0) is 11.2 Å². The number of ether oxygens (including phenoxy) is 1. The van der Waals surface area contributed by atoms with Crippen LogP contribution in [0.3, 0.4) is 0 Å². The highest BCUT2D eigenvalue weighted by atomic mass is 16.5. The predicted octanol–water partition coefficient (Wildman–Crippen LogP) is 3.46. The SMILES string of the molecule is COc1ccc(CCNC(=O)C/C=C/c2ccccc2)cc1. The summed E-state index contributed by atoms with van der Waals surface area (Å²) in [7, 11) is 1.65. The normalized spacial score (nSPS) is 10.6. The summed E-state index contributed by atoms with van der Waals surface area (Å²) in [4.78, 5) is 11.7. The molecule has 3 heteroatoms. The number of benzene rings is 2. The maximum atomic E-state index is 11.7. The highest BCUT2D eigenvalue weighted by molar-refractivity contribution is 5.78. The Hall–Kier alpha value is -2.55. The maximum Gasteiger partial charge on any atom is 0.223 e. The lowest BCUT2D eigenvalue weighted by Crippen LogP contribution is -2.24. The van der Waals surface area contributed by atoms with Crippen molar-refractivity contribution in [1.29, 1.82) is 0 Å². The molecule has 2 aromatic rings. The molecule has 1 amide bonds. The fourth-order valence-electron chi connectivity index (χ4n) is 2.08. The molecule has 0 saturated heterocycles. The Balaban J connectivity index is 1.68. The van der Waals surface area contributed by atoms with Gasteiger partial charge in [-0.3, -0.25) is 4.79 Å². The average molecular weight is 295 g/mol. The van der Waals surface area contributed by atoms with Gasteiger partial charge < -0.3 is 10.1 Å². The molecule has 0 bridgehead atoms. The Morgan fingerprint density at radius 3 is 2.50 bits per heavy atom. The van der Waals surface area contributed by atoms with E-state index in [0.29, 0.717) is 13.0 Å². The molecule has 0 unspecified atom stereocenters. The van der Waals surface area contributed by atoms with Crippen LogP contribution in [0.25, 0.3) is 6.08 Å². The van der Waals surface area contributed by atoms with E-state index in [4.69, 9.17) is 4.74 Å². The highest BCUT2D eigenvalue weighted by Crippen LogP contribution is 2.11. The molecule has 0 fully saturated rings. The zero-order chi connectivity index (χ0) is 15.6. The number of rotatable bonds is 7. The second kappa shape index (κ2) is 8.67. The van der Waals surface area contributed by atoms with Crippen LogP contribution in [0.15, 0.2) is 60.7 Å². The second-order valence-corrected chi connectivity index (χ2v) is 4.97. The fraction of sp³-hybridized carbons (Fsp3) is 0.211. The van der Waals surface area contributed by atoms with E-state index in [2.05, 4.69) is 5.32 Å². The van der Waals surface area contributed by atoms with Crippen LogP contribution in [0, 0.1) is 0 Å². The first kappa shape index (κ1) is 15.8. The van der Waals surface area contributed by atoms with Gasteiger partial charge in [-0.1, -0.05) is 54.6 Å². The topological polar surface area (TPSA) is 38.3 Å². The van der Waals surface area contributed by atoms with Gasteiger partial charge >= 0.3 is 0 Å². The molecule has 114 valence electrons. The summed E-state index contributed by atoms with van der Waals surface area (Å²) in [5.74, 6) is 0.888. The van der Waals surface area contributed by atoms with Crippen LogP contribution >= 0.6 is 0 Å². The maximum absolute atomic E-state index is 11.7. The molecule has 0 spiro atoms. The van der Waals surface area contributed by atoms with Crippen LogP contribution in [0.2, 0.25) is 0 Å². The second-order valence-electron chi connectivity index (χ2n) is 4.97. The van der Waals surface area contributed by atoms with Gasteiger partial charge in [0.25, 0.3) is 0 Å². The molecule has 2 aromatic carbocycles. The summed E-state index contributed by atoms with van der Waals surface area (Å²) in [6.07, 6.45) is 5.07.